The Labute approximate surface area is 148 Å². The fourth-order valence-corrected chi connectivity index (χ4v) is 2.24. The van der Waals surface area contributed by atoms with Gasteiger partial charge in [0, 0.05) is 6.54 Å². The van der Waals surface area contributed by atoms with Crippen LogP contribution in [0.15, 0.2) is 42.5 Å². The van der Waals surface area contributed by atoms with Gasteiger partial charge in [0.25, 0.3) is 0 Å². The molecule has 0 aliphatic carbocycles. The highest BCUT2D eigenvalue weighted by atomic mass is 16.5. The van der Waals surface area contributed by atoms with Crippen LogP contribution in [-0.4, -0.2) is 33.5 Å². The van der Waals surface area contributed by atoms with Crippen molar-refractivity contribution in [3.63, 3.8) is 0 Å². The summed E-state index contributed by atoms with van der Waals surface area (Å²) in [5, 5.41) is 5.45. The second-order valence-corrected chi connectivity index (χ2v) is 5.47. The molecule has 0 saturated carbocycles. The second kappa shape index (κ2) is 9.42. The minimum atomic E-state index is -0.271. The molecule has 0 bridgehead atoms. The number of carbonyl (C=O) groups excluding carboxylic acids is 1. The number of ether oxygens (including phenoxy) is 3. The van der Waals surface area contributed by atoms with Crippen LogP contribution >= 0.6 is 0 Å². The molecule has 6 heteroatoms. The predicted molar refractivity (Wildman–Crippen MR) is 96.5 cm³/mol. The number of benzene rings is 2. The summed E-state index contributed by atoms with van der Waals surface area (Å²) in [5.41, 5.74) is 2.21. The molecule has 0 unspecified atom stereocenters. The number of hydrogen-bond donors (Lipinski definition) is 2. The van der Waals surface area contributed by atoms with Gasteiger partial charge in [-0.3, -0.25) is 0 Å². The Morgan fingerprint density at radius 3 is 2.36 bits per heavy atom. The Kier molecular flexibility index (Phi) is 6.95. The molecule has 0 aliphatic heterocycles. The molecule has 0 aromatic heterocycles. The van der Waals surface area contributed by atoms with Crippen molar-refractivity contribution in [3.05, 3.63) is 53.6 Å². The van der Waals surface area contributed by atoms with Crippen LogP contribution in [0.5, 0.6) is 17.2 Å². The third kappa shape index (κ3) is 5.91. The highest BCUT2D eigenvalue weighted by Gasteiger charge is 2.05. The van der Waals surface area contributed by atoms with Gasteiger partial charge in [0.1, 0.15) is 5.75 Å². The van der Waals surface area contributed by atoms with Crippen LogP contribution in [0.25, 0.3) is 0 Å². The van der Waals surface area contributed by atoms with E-state index >= 15 is 0 Å². The molecule has 0 spiro atoms. The molecule has 2 aromatic carbocycles. The Bertz CT molecular complexity index is 686. The number of methoxy groups -OCH3 is 2. The number of nitrogens with one attached hydrogen (secondary N) is 2. The van der Waals surface area contributed by atoms with E-state index in [1.807, 2.05) is 49.4 Å². The van der Waals surface area contributed by atoms with Crippen LogP contribution in [0, 0.1) is 6.92 Å². The Morgan fingerprint density at radius 1 is 0.960 bits per heavy atom. The maximum absolute atomic E-state index is 11.8. The Balaban J connectivity index is 1.69. The quantitative estimate of drug-likeness (QED) is 0.723. The average Bonchev–Trinajstić information content (AvgIpc) is 2.63. The number of carbonyl (C=O) groups is 1. The third-order valence-corrected chi connectivity index (χ3v) is 3.64. The van der Waals surface area contributed by atoms with Crippen molar-refractivity contribution in [1.82, 2.24) is 10.6 Å². The Hall–Kier alpha value is -2.89. The first-order valence-corrected chi connectivity index (χ1v) is 8.04. The van der Waals surface area contributed by atoms with E-state index in [1.54, 1.807) is 14.2 Å². The lowest BCUT2D eigenvalue weighted by atomic mass is 10.1. The number of urea groups is 1. The number of amides is 2. The molecule has 0 radical (unpaired) electrons. The SMILES string of the molecule is COc1ccc(CCNC(=O)NCOc2ccc(C)cc2)cc1OC. The lowest BCUT2D eigenvalue weighted by molar-refractivity contribution is 0.224. The molecule has 6 nitrogen and oxygen atoms in total. The summed E-state index contributed by atoms with van der Waals surface area (Å²) in [6.45, 7) is 2.63. The lowest BCUT2D eigenvalue weighted by Crippen LogP contribution is -2.38. The van der Waals surface area contributed by atoms with E-state index in [4.69, 9.17) is 14.2 Å². The molecule has 0 atom stereocenters. The monoisotopic (exact) mass is 344 g/mol. The molecule has 2 aromatic rings. The van der Waals surface area contributed by atoms with Gasteiger partial charge in [0.05, 0.1) is 14.2 Å². The molecule has 0 fully saturated rings. The summed E-state index contributed by atoms with van der Waals surface area (Å²) >= 11 is 0. The summed E-state index contributed by atoms with van der Waals surface area (Å²) in [4.78, 5) is 11.8. The fourth-order valence-electron chi connectivity index (χ4n) is 2.24. The minimum Gasteiger partial charge on any atom is -0.493 e. The summed E-state index contributed by atoms with van der Waals surface area (Å²) < 4.78 is 15.9. The highest BCUT2D eigenvalue weighted by molar-refractivity contribution is 5.73. The van der Waals surface area contributed by atoms with Crippen molar-refractivity contribution in [2.45, 2.75) is 13.3 Å². The molecule has 0 saturated heterocycles. The summed E-state index contributed by atoms with van der Waals surface area (Å²) in [7, 11) is 3.20. The van der Waals surface area contributed by atoms with E-state index < -0.39 is 0 Å². The summed E-state index contributed by atoms with van der Waals surface area (Å²) in [6, 6.07) is 13.1. The zero-order chi connectivity index (χ0) is 18.1. The van der Waals surface area contributed by atoms with E-state index in [9.17, 15) is 4.79 Å². The molecular formula is C19H24N2O4. The smallest absolute Gasteiger partial charge is 0.317 e. The number of rotatable bonds is 8. The lowest BCUT2D eigenvalue weighted by Gasteiger charge is -2.11. The molecule has 2 amide bonds. The Morgan fingerprint density at radius 2 is 1.68 bits per heavy atom. The zero-order valence-electron chi connectivity index (χ0n) is 14.8. The highest BCUT2D eigenvalue weighted by Crippen LogP contribution is 2.27. The molecule has 0 aliphatic rings. The van der Waals surface area contributed by atoms with Gasteiger partial charge < -0.3 is 24.8 Å². The van der Waals surface area contributed by atoms with Gasteiger partial charge in [-0.25, -0.2) is 4.79 Å². The van der Waals surface area contributed by atoms with Gasteiger partial charge in [-0.2, -0.15) is 0 Å². The fraction of sp³-hybridized carbons (Fsp3) is 0.316. The first-order chi connectivity index (χ1) is 12.1. The van der Waals surface area contributed by atoms with Crippen molar-refractivity contribution in [1.29, 1.82) is 0 Å². The van der Waals surface area contributed by atoms with Crippen molar-refractivity contribution in [3.8, 4) is 17.2 Å². The largest absolute Gasteiger partial charge is 0.493 e. The van der Waals surface area contributed by atoms with E-state index in [-0.39, 0.29) is 12.8 Å². The third-order valence-electron chi connectivity index (χ3n) is 3.64. The predicted octanol–water partition coefficient (Wildman–Crippen LogP) is 2.89. The number of aryl methyl sites for hydroxylation is 1. The van der Waals surface area contributed by atoms with Crippen LogP contribution in [0.3, 0.4) is 0 Å². The number of hydrogen-bond acceptors (Lipinski definition) is 4. The van der Waals surface area contributed by atoms with Crippen molar-refractivity contribution >= 4 is 6.03 Å². The van der Waals surface area contributed by atoms with Gasteiger partial charge in [-0.15, -0.1) is 0 Å². The van der Waals surface area contributed by atoms with E-state index in [2.05, 4.69) is 10.6 Å². The van der Waals surface area contributed by atoms with Crippen molar-refractivity contribution < 1.29 is 19.0 Å². The van der Waals surface area contributed by atoms with Gasteiger partial charge in [0.15, 0.2) is 18.2 Å². The maximum atomic E-state index is 11.8. The second-order valence-electron chi connectivity index (χ2n) is 5.47. The summed E-state index contributed by atoms with van der Waals surface area (Å²) in [5.74, 6) is 2.08. The van der Waals surface area contributed by atoms with Crippen LogP contribution in [0.2, 0.25) is 0 Å². The molecular weight excluding hydrogens is 320 g/mol. The van der Waals surface area contributed by atoms with E-state index in [0.717, 1.165) is 16.9 Å². The van der Waals surface area contributed by atoms with Crippen molar-refractivity contribution in [2.24, 2.45) is 0 Å². The molecule has 2 N–H and O–H groups in total. The van der Waals surface area contributed by atoms with E-state index in [0.29, 0.717) is 24.5 Å². The van der Waals surface area contributed by atoms with Crippen LogP contribution < -0.4 is 24.8 Å². The first-order valence-electron chi connectivity index (χ1n) is 8.04. The zero-order valence-corrected chi connectivity index (χ0v) is 14.8. The van der Waals surface area contributed by atoms with Gasteiger partial charge in [0.2, 0.25) is 0 Å². The molecule has 134 valence electrons. The standard InChI is InChI=1S/C19H24N2O4/c1-14-4-7-16(8-5-14)25-13-21-19(22)20-11-10-15-6-9-17(23-2)18(12-15)24-3/h4-9,12H,10-11,13H2,1-3H3,(H2,20,21,22). The van der Waals surface area contributed by atoms with Crippen LogP contribution in [-0.2, 0) is 6.42 Å². The van der Waals surface area contributed by atoms with E-state index in [1.165, 1.54) is 0 Å². The average molecular weight is 344 g/mol. The van der Waals surface area contributed by atoms with Gasteiger partial charge in [-0.1, -0.05) is 23.8 Å². The van der Waals surface area contributed by atoms with Crippen molar-refractivity contribution in [2.75, 3.05) is 27.5 Å². The van der Waals surface area contributed by atoms with Crippen LogP contribution in [0.4, 0.5) is 4.79 Å². The normalized spacial score (nSPS) is 10.0. The minimum absolute atomic E-state index is 0.116. The first kappa shape index (κ1) is 18.4. The molecule has 25 heavy (non-hydrogen) atoms. The topological polar surface area (TPSA) is 68.8 Å². The van der Waals surface area contributed by atoms with Gasteiger partial charge >= 0.3 is 6.03 Å². The molecule has 2 rings (SSSR count). The van der Waals surface area contributed by atoms with Gasteiger partial charge in [-0.05, 0) is 43.2 Å². The van der Waals surface area contributed by atoms with Crippen LogP contribution in [0.1, 0.15) is 11.1 Å². The maximum Gasteiger partial charge on any atom is 0.317 e. The molecule has 0 heterocycles. The summed E-state index contributed by atoms with van der Waals surface area (Å²) in [6.07, 6.45) is 0.687.